The van der Waals surface area contributed by atoms with Crippen molar-refractivity contribution < 1.29 is 9.84 Å². The van der Waals surface area contributed by atoms with E-state index in [0.717, 1.165) is 12.8 Å². The predicted octanol–water partition coefficient (Wildman–Crippen LogP) is 4.51. The Labute approximate surface area is 117 Å². The summed E-state index contributed by atoms with van der Waals surface area (Å²) in [4.78, 5) is 0. The highest BCUT2D eigenvalue weighted by atomic mass is 16.7. The van der Waals surface area contributed by atoms with Crippen molar-refractivity contribution in [1.82, 2.24) is 0 Å². The summed E-state index contributed by atoms with van der Waals surface area (Å²) >= 11 is 0. The number of epoxide rings is 1. The highest BCUT2D eigenvalue weighted by molar-refractivity contribution is 5.35. The molecule has 2 atom stereocenters. The summed E-state index contributed by atoms with van der Waals surface area (Å²) in [7, 11) is 0. The summed E-state index contributed by atoms with van der Waals surface area (Å²) in [5.74, 6) is -0.982. The molecule has 2 heteroatoms. The Bertz CT molecular complexity index is 321. The molecule has 0 radical (unpaired) electrons. The van der Waals surface area contributed by atoms with E-state index in [0.29, 0.717) is 0 Å². The lowest BCUT2D eigenvalue weighted by molar-refractivity contribution is 0.0825. The molecule has 2 nitrogen and oxygen atoms in total. The van der Waals surface area contributed by atoms with E-state index < -0.39 is 5.79 Å². The molecule has 2 aliphatic rings. The minimum Gasteiger partial charge on any atom is -0.360 e. The van der Waals surface area contributed by atoms with E-state index in [4.69, 9.17) is 4.74 Å². The van der Waals surface area contributed by atoms with Crippen LogP contribution in [-0.2, 0) is 4.74 Å². The fourth-order valence-electron chi connectivity index (χ4n) is 2.64. The quantitative estimate of drug-likeness (QED) is 0.397. The molecule has 1 saturated heterocycles. The normalized spacial score (nSPS) is 30.4. The van der Waals surface area contributed by atoms with E-state index in [2.05, 4.69) is 20.1 Å². The molecular weight excluding hydrogens is 236 g/mol. The molecule has 0 saturated carbocycles. The Balaban J connectivity index is 0.000000861. The third kappa shape index (κ3) is 4.05. The Kier molecular flexibility index (Phi) is 6.53. The Morgan fingerprint density at radius 1 is 0.947 bits per heavy atom. The van der Waals surface area contributed by atoms with Crippen LogP contribution in [0, 0.1) is 0 Å². The zero-order valence-electron chi connectivity index (χ0n) is 12.2. The summed E-state index contributed by atoms with van der Waals surface area (Å²) in [6.07, 6.45) is 17.6. The van der Waals surface area contributed by atoms with Crippen molar-refractivity contribution in [1.29, 1.82) is 0 Å². The number of aliphatic hydroxyl groups is 1. The first-order chi connectivity index (χ1) is 9.22. The molecular formula is C17H28O2. The highest BCUT2D eigenvalue weighted by Crippen LogP contribution is 2.53. The molecule has 1 heterocycles. The standard InChI is InChI=1S/C15H24O2.C2H4/c1-2-3-4-5-6-7-8-11-14-12-9-10-13-15(14,16)17-14;1-2/h9-10,12-13,16H,2-8,11H2,1H3;1-2H2. The van der Waals surface area contributed by atoms with Gasteiger partial charge in [0.25, 0.3) is 0 Å². The number of hydrogen-bond acceptors (Lipinski definition) is 2. The van der Waals surface area contributed by atoms with Gasteiger partial charge in [-0.05, 0) is 18.6 Å². The maximum Gasteiger partial charge on any atom is 0.220 e. The lowest BCUT2D eigenvalue weighted by Crippen LogP contribution is -2.23. The van der Waals surface area contributed by atoms with Gasteiger partial charge in [-0.1, -0.05) is 64.0 Å². The molecule has 0 aromatic rings. The molecule has 1 aliphatic carbocycles. The predicted molar refractivity (Wildman–Crippen MR) is 80.9 cm³/mol. The first-order valence-corrected chi connectivity index (χ1v) is 7.52. The second kappa shape index (κ2) is 7.66. The van der Waals surface area contributed by atoms with Gasteiger partial charge in [0.15, 0.2) is 0 Å². The molecule has 0 amide bonds. The fourth-order valence-corrected chi connectivity index (χ4v) is 2.64. The zero-order valence-corrected chi connectivity index (χ0v) is 12.2. The van der Waals surface area contributed by atoms with Gasteiger partial charge in [0.05, 0.1) is 0 Å². The number of ether oxygens (including phenoxy) is 1. The van der Waals surface area contributed by atoms with Gasteiger partial charge < -0.3 is 9.84 Å². The van der Waals surface area contributed by atoms with Crippen molar-refractivity contribution in [3.05, 3.63) is 37.5 Å². The third-order valence-electron chi connectivity index (χ3n) is 3.85. The van der Waals surface area contributed by atoms with Gasteiger partial charge in [-0.25, -0.2) is 0 Å². The molecule has 2 rings (SSSR count). The summed E-state index contributed by atoms with van der Waals surface area (Å²) in [5, 5.41) is 10.0. The van der Waals surface area contributed by atoms with Gasteiger partial charge >= 0.3 is 0 Å². The van der Waals surface area contributed by atoms with E-state index in [1.54, 1.807) is 6.08 Å². The second-order valence-electron chi connectivity index (χ2n) is 5.28. The molecule has 0 bridgehead atoms. The van der Waals surface area contributed by atoms with E-state index >= 15 is 0 Å². The van der Waals surface area contributed by atoms with Gasteiger partial charge in [-0.3, -0.25) is 0 Å². The molecule has 19 heavy (non-hydrogen) atoms. The lowest BCUT2D eigenvalue weighted by atomic mass is 9.91. The van der Waals surface area contributed by atoms with Crippen LogP contribution >= 0.6 is 0 Å². The minimum atomic E-state index is -0.982. The van der Waals surface area contributed by atoms with Crippen LogP contribution in [0.4, 0.5) is 0 Å². The van der Waals surface area contributed by atoms with E-state index in [1.807, 2.05) is 18.2 Å². The highest BCUT2D eigenvalue weighted by Gasteiger charge is 2.66. The van der Waals surface area contributed by atoms with Crippen LogP contribution in [0.5, 0.6) is 0 Å². The maximum atomic E-state index is 10.0. The van der Waals surface area contributed by atoms with Gasteiger partial charge in [0.1, 0.15) is 5.60 Å². The van der Waals surface area contributed by atoms with Crippen molar-refractivity contribution >= 4 is 0 Å². The van der Waals surface area contributed by atoms with Crippen LogP contribution < -0.4 is 0 Å². The molecule has 0 aromatic heterocycles. The molecule has 1 N–H and O–H groups in total. The average Bonchev–Trinajstić information content (AvgIpc) is 3.06. The van der Waals surface area contributed by atoms with Crippen LogP contribution in [0.25, 0.3) is 0 Å². The molecule has 108 valence electrons. The molecule has 1 fully saturated rings. The fraction of sp³-hybridized carbons (Fsp3) is 0.647. The number of allylic oxidation sites excluding steroid dienone is 2. The number of unbranched alkanes of at least 4 members (excludes halogenated alkanes) is 6. The van der Waals surface area contributed by atoms with Gasteiger partial charge in [0, 0.05) is 0 Å². The van der Waals surface area contributed by atoms with E-state index in [9.17, 15) is 5.11 Å². The van der Waals surface area contributed by atoms with Gasteiger partial charge in [-0.2, -0.15) is 0 Å². The Morgan fingerprint density at radius 3 is 2.16 bits per heavy atom. The first kappa shape index (κ1) is 16.2. The molecule has 2 unspecified atom stereocenters. The first-order valence-electron chi connectivity index (χ1n) is 7.52. The lowest BCUT2D eigenvalue weighted by Gasteiger charge is -2.11. The third-order valence-corrected chi connectivity index (χ3v) is 3.85. The monoisotopic (exact) mass is 264 g/mol. The minimum absolute atomic E-state index is 0.384. The summed E-state index contributed by atoms with van der Waals surface area (Å²) in [5.41, 5.74) is -0.384. The van der Waals surface area contributed by atoms with Crippen LogP contribution in [0.1, 0.15) is 58.3 Å². The topological polar surface area (TPSA) is 32.8 Å². The van der Waals surface area contributed by atoms with Crippen molar-refractivity contribution in [2.45, 2.75) is 69.7 Å². The summed E-state index contributed by atoms with van der Waals surface area (Å²) in [6, 6.07) is 0. The van der Waals surface area contributed by atoms with Gasteiger partial charge in [-0.15, -0.1) is 13.2 Å². The van der Waals surface area contributed by atoms with Crippen molar-refractivity contribution in [3.8, 4) is 0 Å². The average molecular weight is 264 g/mol. The maximum absolute atomic E-state index is 10.0. The van der Waals surface area contributed by atoms with Crippen molar-refractivity contribution in [2.75, 3.05) is 0 Å². The number of hydrogen-bond donors (Lipinski definition) is 1. The molecule has 0 spiro atoms. The second-order valence-corrected chi connectivity index (χ2v) is 5.28. The summed E-state index contributed by atoms with van der Waals surface area (Å²) < 4.78 is 5.48. The van der Waals surface area contributed by atoms with Crippen LogP contribution in [0.2, 0.25) is 0 Å². The SMILES string of the molecule is C=C.CCCCCCCCCC12C=CC=CC1(O)O2. The largest absolute Gasteiger partial charge is 0.360 e. The Hall–Kier alpha value is -0.860. The molecule has 0 aromatic carbocycles. The number of rotatable bonds is 8. The van der Waals surface area contributed by atoms with Crippen molar-refractivity contribution in [2.24, 2.45) is 0 Å². The van der Waals surface area contributed by atoms with E-state index in [-0.39, 0.29) is 5.60 Å². The van der Waals surface area contributed by atoms with Gasteiger partial charge in [0.2, 0.25) is 5.79 Å². The van der Waals surface area contributed by atoms with Crippen LogP contribution in [-0.4, -0.2) is 16.5 Å². The van der Waals surface area contributed by atoms with Crippen LogP contribution in [0.15, 0.2) is 37.5 Å². The number of fused-ring (bicyclic) bond motifs is 1. The smallest absolute Gasteiger partial charge is 0.220 e. The molecule has 1 aliphatic heterocycles. The summed E-state index contributed by atoms with van der Waals surface area (Å²) in [6.45, 7) is 8.24. The zero-order chi connectivity index (χ0) is 14.2. The Morgan fingerprint density at radius 2 is 1.53 bits per heavy atom. The van der Waals surface area contributed by atoms with E-state index in [1.165, 1.54) is 38.5 Å². The van der Waals surface area contributed by atoms with Crippen molar-refractivity contribution in [3.63, 3.8) is 0 Å². The van der Waals surface area contributed by atoms with Crippen LogP contribution in [0.3, 0.4) is 0 Å².